The molecule has 0 bridgehead atoms. The zero-order chi connectivity index (χ0) is 20.2. The fourth-order valence-electron chi connectivity index (χ4n) is 3.46. The van der Waals surface area contributed by atoms with Crippen molar-refractivity contribution in [2.75, 3.05) is 0 Å². The first kappa shape index (κ1) is 22.0. The number of benzene rings is 2. The lowest BCUT2D eigenvalue weighted by Gasteiger charge is -2.20. The molecule has 3 heteroatoms. The maximum atomic E-state index is 12.7. The summed E-state index contributed by atoms with van der Waals surface area (Å²) < 4.78 is 6.14. The highest BCUT2D eigenvalue weighted by Crippen LogP contribution is 2.33. The van der Waals surface area contributed by atoms with Crippen molar-refractivity contribution in [2.24, 2.45) is 0 Å². The number of carbonyl (C=O) groups excluding carboxylic acids is 1. The van der Waals surface area contributed by atoms with Crippen LogP contribution < -0.4 is 4.74 Å². The Kier molecular flexibility index (Phi) is 9.61. The second kappa shape index (κ2) is 12.2. The van der Waals surface area contributed by atoms with E-state index < -0.39 is 0 Å². The van der Waals surface area contributed by atoms with Crippen LogP contribution in [-0.2, 0) is 0 Å². The van der Waals surface area contributed by atoms with E-state index in [1.807, 2.05) is 18.2 Å². The van der Waals surface area contributed by atoms with E-state index in [9.17, 15) is 9.90 Å². The Hall–Kier alpha value is -2.29. The van der Waals surface area contributed by atoms with Gasteiger partial charge in [0.1, 0.15) is 0 Å². The van der Waals surface area contributed by atoms with Crippen LogP contribution in [0, 0.1) is 0 Å². The van der Waals surface area contributed by atoms with Crippen LogP contribution in [-0.4, -0.2) is 17.0 Å². The molecule has 0 fully saturated rings. The lowest BCUT2D eigenvalue weighted by molar-refractivity contribution is 0.103. The standard InChI is InChI=1S/C25H34O3/c1-3-5-6-7-8-12-17-21(14-4-2)28-23-19-13-18-22(25(23)27)24(26)20-15-10-9-11-16-20/h9-11,13,15-16,18-19,21,27H,3-8,12,14,17H2,1-2H3. The summed E-state index contributed by atoms with van der Waals surface area (Å²) in [6.07, 6.45) is 10.6. The number of rotatable bonds is 13. The summed E-state index contributed by atoms with van der Waals surface area (Å²) in [6.45, 7) is 4.38. The molecule has 0 spiro atoms. The fraction of sp³-hybridized carbons (Fsp3) is 0.480. The number of hydrogen-bond acceptors (Lipinski definition) is 3. The van der Waals surface area contributed by atoms with Gasteiger partial charge in [-0.05, 0) is 31.4 Å². The van der Waals surface area contributed by atoms with Crippen molar-refractivity contribution in [3.8, 4) is 11.5 Å². The predicted octanol–water partition coefficient (Wildman–Crippen LogP) is 6.92. The molecule has 0 aliphatic rings. The first-order valence-electron chi connectivity index (χ1n) is 10.8. The molecule has 2 rings (SSSR count). The number of ether oxygens (including phenoxy) is 1. The molecule has 0 amide bonds. The Labute approximate surface area is 169 Å². The second-order valence-electron chi connectivity index (χ2n) is 7.43. The topological polar surface area (TPSA) is 46.5 Å². The second-order valence-corrected chi connectivity index (χ2v) is 7.43. The predicted molar refractivity (Wildman–Crippen MR) is 115 cm³/mol. The lowest BCUT2D eigenvalue weighted by Crippen LogP contribution is -2.16. The van der Waals surface area contributed by atoms with E-state index in [1.54, 1.807) is 30.3 Å². The molecule has 0 saturated heterocycles. The SMILES string of the molecule is CCCCCCCCC(CCC)Oc1cccc(C(=O)c2ccccc2)c1O. The number of phenolic OH excluding ortho intramolecular Hbond substituents is 1. The van der Waals surface area contributed by atoms with E-state index in [0.29, 0.717) is 16.9 Å². The third-order valence-electron chi connectivity index (χ3n) is 5.06. The number of hydrogen-bond donors (Lipinski definition) is 1. The van der Waals surface area contributed by atoms with Gasteiger partial charge in [0.25, 0.3) is 0 Å². The molecule has 1 N–H and O–H groups in total. The molecule has 0 aliphatic carbocycles. The third-order valence-corrected chi connectivity index (χ3v) is 5.06. The first-order chi connectivity index (χ1) is 13.7. The highest BCUT2D eigenvalue weighted by molar-refractivity contribution is 6.11. The summed E-state index contributed by atoms with van der Waals surface area (Å²) in [5.74, 6) is 0.165. The zero-order valence-corrected chi connectivity index (χ0v) is 17.3. The summed E-state index contributed by atoms with van der Waals surface area (Å²) in [5.41, 5.74) is 0.852. The summed E-state index contributed by atoms with van der Waals surface area (Å²) in [5, 5.41) is 10.7. The van der Waals surface area contributed by atoms with Gasteiger partial charge in [0.05, 0.1) is 11.7 Å². The highest BCUT2D eigenvalue weighted by Gasteiger charge is 2.19. The minimum Gasteiger partial charge on any atom is -0.504 e. The van der Waals surface area contributed by atoms with Gasteiger partial charge in [-0.1, -0.05) is 88.8 Å². The Morgan fingerprint density at radius 2 is 1.57 bits per heavy atom. The van der Waals surface area contributed by atoms with Gasteiger partial charge in [-0.2, -0.15) is 0 Å². The number of ketones is 1. The van der Waals surface area contributed by atoms with Gasteiger partial charge in [0.2, 0.25) is 0 Å². The van der Waals surface area contributed by atoms with Crippen molar-refractivity contribution >= 4 is 5.78 Å². The molecular formula is C25H34O3. The molecule has 0 heterocycles. The highest BCUT2D eigenvalue weighted by atomic mass is 16.5. The molecule has 1 atom stereocenters. The molecule has 0 saturated carbocycles. The molecule has 0 aliphatic heterocycles. The minimum absolute atomic E-state index is 0.0552. The largest absolute Gasteiger partial charge is 0.504 e. The van der Waals surface area contributed by atoms with Crippen LogP contribution in [0.4, 0.5) is 0 Å². The molecule has 2 aromatic rings. The third kappa shape index (κ3) is 6.70. The van der Waals surface area contributed by atoms with Crippen LogP contribution in [0.3, 0.4) is 0 Å². The monoisotopic (exact) mass is 382 g/mol. The number of carbonyl (C=O) groups is 1. The summed E-state index contributed by atoms with van der Waals surface area (Å²) in [4.78, 5) is 12.7. The fourth-order valence-corrected chi connectivity index (χ4v) is 3.46. The van der Waals surface area contributed by atoms with Crippen molar-refractivity contribution in [1.82, 2.24) is 0 Å². The quantitative estimate of drug-likeness (QED) is 0.302. The summed E-state index contributed by atoms with van der Waals surface area (Å²) in [7, 11) is 0. The molecule has 28 heavy (non-hydrogen) atoms. The molecule has 0 radical (unpaired) electrons. The number of aromatic hydroxyl groups is 1. The van der Waals surface area contributed by atoms with Crippen molar-refractivity contribution in [3.05, 3.63) is 59.7 Å². The number of phenols is 1. The summed E-state index contributed by atoms with van der Waals surface area (Å²) >= 11 is 0. The summed E-state index contributed by atoms with van der Waals surface area (Å²) in [6, 6.07) is 14.2. The van der Waals surface area contributed by atoms with Gasteiger partial charge in [-0.3, -0.25) is 4.79 Å². The van der Waals surface area contributed by atoms with E-state index in [2.05, 4.69) is 13.8 Å². The smallest absolute Gasteiger partial charge is 0.196 e. The van der Waals surface area contributed by atoms with Gasteiger partial charge in [0.15, 0.2) is 17.3 Å². The van der Waals surface area contributed by atoms with Gasteiger partial charge < -0.3 is 9.84 Å². The molecular weight excluding hydrogens is 348 g/mol. The average Bonchev–Trinajstić information content (AvgIpc) is 2.72. The van der Waals surface area contributed by atoms with Crippen molar-refractivity contribution in [1.29, 1.82) is 0 Å². The van der Waals surface area contributed by atoms with Crippen LogP contribution in [0.5, 0.6) is 11.5 Å². The Bertz CT molecular complexity index is 709. The van der Waals surface area contributed by atoms with Crippen LogP contribution >= 0.6 is 0 Å². The lowest BCUT2D eigenvalue weighted by atomic mass is 10.0. The van der Waals surface area contributed by atoms with Gasteiger partial charge in [-0.25, -0.2) is 0 Å². The minimum atomic E-state index is -0.188. The van der Waals surface area contributed by atoms with Gasteiger partial charge >= 0.3 is 0 Å². The molecule has 1 unspecified atom stereocenters. The average molecular weight is 383 g/mol. The van der Waals surface area contributed by atoms with E-state index in [0.717, 1.165) is 25.7 Å². The van der Waals surface area contributed by atoms with Gasteiger partial charge in [-0.15, -0.1) is 0 Å². The molecule has 0 aromatic heterocycles. The van der Waals surface area contributed by atoms with Crippen LogP contribution in [0.15, 0.2) is 48.5 Å². The van der Waals surface area contributed by atoms with Crippen molar-refractivity contribution in [2.45, 2.75) is 77.7 Å². The molecule has 152 valence electrons. The maximum Gasteiger partial charge on any atom is 0.196 e. The number of unbranched alkanes of at least 4 members (excludes halogenated alkanes) is 5. The van der Waals surface area contributed by atoms with Crippen LogP contribution in [0.1, 0.15) is 87.6 Å². The van der Waals surface area contributed by atoms with Crippen molar-refractivity contribution < 1.29 is 14.6 Å². The van der Waals surface area contributed by atoms with E-state index in [-0.39, 0.29) is 17.6 Å². The Morgan fingerprint density at radius 3 is 2.29 bits per heavy atom. The van der Waals surface area contributed by atoms with E-state index in [1.165, 1.54) is 32.1 Å². The van der Waals surface area contributed by atoms with E-state index in [4.69, 9.17) is 4.74 Å². The first-order valence-corrected chi connectivity index (χ1v) is 10.8. The van der Waals surface area contributed by atoms with Crippen molar-refractivity contribution in [3.63, 3.8) is 0 Å². The molecule has 2 aromatic carbocycles. The maximum absolute atomic E-state index is 12.7. The molecule has 3 nitrogen and oxygen atoms in total. The normalized spacial score (nSPS) is 11.9. The van der Waals surface area contributed by atoms with Crippen LogP contribution in [0.2, 0.25) is 0 Å². The van der Waals surface area contributed by atoms with Gasteiger partial charge in [0, 0.05) is 5.56 Å². The number of para-hydroxylation sites is 1. The van der Waals surface area contributed by atoms with E-state index >= 15 is 0 Å². The Morgan fingerprint density at radius 1 is 0.857 bits per heavy atom. The zero-order valence-electron chi connectivity index (χ0n) is 17.3. The van der Waals surface area contributed by atoms with Crippen LogP contribution in [0.25, 0.3) is 0 Å². The Balaban J connectivity index is 2.01.